The highest BCUT2D eigenvalue weighted by Crippen LogP contribution is 2.15. The fourth-order valence-corrected chi connectivity index (χ4v) is 1.35. The molecule has 2 aromatic rings. The van der Waals surface area contributed by atoms with E-state index < -0.39 is 11.9 Å². The first-order valence-electron chi connectivity index (χ1n) is 4.64. The second-order valence-corrected chi connectivity index (χ2v) is 3.26. The number of carboxylic acids is 1. The van der Waals surface area contributed by atoms with Gasteiger partial charge in [-0.05, 0) is 18.2 Å². The number of hydrogen-bond donors (Lipinski definition) is 2. The molecule has 6 nitrogen and oxygen atoms in total. The third-order valence-electron chi connectivity index (χ3n) is 2.11. The van der Waals surface area contributed by atoms with Crippen molar-refractivity contribution in [1.29, 1.82) is 0 Å². The molecule has 0 spiro atoms. The van der Waals surface area contributed by atoms with E-state index in [9.17, 15) is 14.4 Å². The van der Waals surface area contributed by atoms with Crippen LogP contribution in [0.3, 0.4) is 0 Å². The van der Waals surface area contributed by atoms with Crippen LogP contribution in [-0.2, 0) is 9.59 Å². The second kappa shape index (κ2) is 4.09. The van der Waals surface area contributed by atoms with E-state index in [1.807, 2.05) is 0 Å². The van der Waals surface area contributed by atoms with Gasteiger partial charge in [0.25, 0.3) is 0 Å². The van der Waals surface area contributed by atoms with E-state index in [0.717, 1.165) is 0 Å². The number of carboxylic acid groups (broad SMARTS) is 1. The van der Waals surface area contributed by atoms with Crippen molar-refractivity contribution in [3.8, 4) is 0 Å². The summed E-state index contributed by atoms with van der Waals surface area (Å²) in [5, 5.41) is 10.8. The Hall–Kier alpha value is -2.63. The summed E-state index contributed by atoms with van der Waals surface area (Å²) in [6.07, 6.45) is 1.26. The van der Waals surface area contributed by atoms with Crippen LogP contribution in [0.4, 0.5) is 5.69 Å². The number of amides is 1. The number of rotatable bonds is 1. The number of carbonyl (C=O) groups is 2. The maximum Gasteiger partial charge on any atom is 0.394 e. The molecule has 0 saturated carbocycles. The molecule has 0 bridgehead atoms. The fourth-order valence-electron chi connectivity index (χ4n) is 1.35. The van der Waals surface area contributed by atoms with Crippen LogP contribution >= 0.6 is 0 Å². The Morgan fingerprint density at radius 1 is 1.24 bits per heavy atom. The molecule has 17 heavy (non-hydrogen) atoms. The number of fused-ring (bicyclic) bond motifs is 1. The predicted octanol–water partition coefficient (Wildman–Crippen LogP) is 0.816. The highest BCUT2D eigenvalue weighted by atomic mass is 16.4. The molecule has 0 aliphatic carbocycles. The minimum absolute atomic E-state index is 0.225. The van der Waals surface area contributed by atoms with Gasteiger partial charge in [-0.3, -0.25) is 9.59 Å². The molecule has 1 amide bonds. The van der Waals surface area contributed by atoms with Crippen molar-refractivity contribution >= 4 is 28.5 Å². The number of anilines is 1. The molecule has 2 rings (SSSR count). The van der Waals surface area contributed by atoms with Crippen LogP contribution < -0.4 is 10.7 Å². The van der Waals surface area contributed by atoms with Gasteiger partial charge in [0.15, 0.2) is 5.43 Å². The zero-order valence-corrected chi connectivity index (χ0v) is 8.47. The van der Waals surface area contributed by atoms with Crippen molar-refractivity contribution in [3.05, 3.63) is 40.8 Å². The minimum atomic E-state index is -1.59. The number of hydrogen-bond acceptors (Lipinski definition) is 4. The molecule has 0 aliphatic rings. The normalized spacial score (nSPS) is 10.1. The minimum Gasteiger partial charge on any atom is -0.474 e. The molecular weight excluding hydrogens is 226 g/mol. The van der Waals surface area contributed by atoms with Crippen molar-refractivity contribution in [2.75, 3.05) is 5.32 Å². The number of nitrogens with one attached hydrogen (secondary N) is 1. The summed E-state index contributed by atoms with van der Waals surface area (Å²) < 4.78 is 5.07. The zero-order chi connectivity index (χ0) is 12.4. The van der Waals surface area contributed by atoms with Gasteiger partial charge < -0.3 is 14.8 Å². The highest BCUT2D eigenvalue weighted by Gasteiger charge is 2.11. The topological polar surface area (TPSA) is 96.6 Å². The summed E-state index contributed by atoms with van der Waals surface area (Å²) in [7, 11) is 0. The molecular formula is C11H7NO5. The molecule has 0 fully saturated rings. The maximum atomic E-state index is 11.5. The van der Waals surface area contributed by atoms with Crippen molar-refractivity contribution in [3.63, 3.8) is 0 Å². The maximum absolute atomic E-state index is 11.5. The third-order valence-corrected chi connectivity index (χ3v) is 2.11. The van der Waals surface area contributed by atoms with Gasteiger partial charge in [0.2, 0.25) is 0 Å². The van der Waals surface area contributed by atoms with E-state index >= 15 is 0 Å². The molecule has 0 aliphatic heterocycles. The molecule has 1 aromatic carbocycles. The largest absolute Gasteiger partial charge is 0.474 e. The van der Waals surface area contributed by atoms with Gasteiger partial charge in [-0.15, -0.1) is 0 Å². The lowest BCUT2D eigenvalue weighted by atomic mass is 10.2. The average Bonchev–Trinajstić information content (AvgIpc) is 2.30. The Balaban J connectivity index is 2.44. The van der Waals surface area contributed by atoms with Crippen molar-refractivity contribution in [2.45, 2.75) is 0 Å². The van der Waals surface area contributed by atoms with Crippen LogP contribution in [0, 0.1) is 0 Å². The van der Waals surface area contributed by atoms with E-state index in [1.165, 1.54) is 30.5 Å². The van der Waals surface area contributed by atoms with Gasteiger partial charge in [0.05, 0.1) is 11.6 Å². The molecule has 0 saturated heterocycles. The summed E-state index contributed by atoms with van der Waals surface area (Å²) in [5.41, 5.74) is 0.326. The van der Waals surface area contributed by atoms with Crippen LogP contribution in [-0.4, -0.2) is 17.0 Å². The Kier molecular flexibility index (Phi) is 2.61. The van der Waals surface area contributed by atoms with Crippen molar-refractivity contribution in [2.24, 2.45) is 0 Å². The lowest BCUT2D eigenvalue weighted by Crippen LogP contribution is -2.21. The monoisotopic (exact) mass is 233 g/mol. The molecule has 86 valence electrons. The second-order valence-electron chi connectivity index (χ2n) is 3.26. The van der Waals surface area contributed by atoms with Crippen LogP contribution in [0.2, 0.25) is 0 Å². The Morgan fingerprint density at radius 3 is 2.71 bits per heavy atom. The van der Waals surface area contributed by atoms with Gasteiger partial charge in [0, 0.05) is 11.8 Å². The molecule has 6 heteroatoms. The fraction of sp³-hybridized carbons (Fsp3) is 0. The Morgan fingerprint density at radius 2 is 2.00 bits per heavy atom. The first-order chi connectivity index (χ1) is 8.08. The van der Waals surface area contributed by atoms with Gasteiger partial charge in [0.1, 0.15) is 5.58 Å². The van der Waals surface area contributed by atoms with Crippen molar-refractivity contribution in [1.82, 2.24) is 0 Å². The zero-order valence-electron chi connectivity index (χ0n) is 8.47. The van der Waals surface area contributed by atoms with Gasteiger partial charge in [-0.25, -0.2) is 4.79 Å². The highest BCUT2D eigenvalue weighted by molar-refractivity contribution is 6.36. The van der Waals surface area contributed by atoms with Crippen molar-refractivity contribution < 1.29 is 19.1 Å². The van der Waals surface area contributed by atoms with E-state index in [4.69, 9.17) is 9.52 Å². The smallest absolute Gasteiger partial charge is 0.394 e. The molecule has 0 radical (unpaired) electrons. The summed E-state index contributed by atoms with van der Waals surface area (Å²) >= 11 is 0. The van der Waals surface area contributed by atoms with Crippen LogP contribution in [0.5, 0.6) is 0 Å². The number of aliphatic carboxylic acids is 1. The predicted molar refractivity (Wildman–Crippen MR) is 58.7 cm³/mol. The number of benzene rings is 1. The van der Waals surface area contributed by atoms with E-state index in [1.54, 1.807) is 0 Å². The number of carbonyl (C=O) groups excluding carboxylic acids is 1. The summed E-state index contributed by atoms with van der Waals surface area (Å²) in [6, 6.07) is 5.54. The van der Waals surface area contributed by atoms with E-state index in [2.05, 4.69) is 5.32 Å². The third kappa shape index (κ3) is 2.15. The van der Waals surface area contributed by atoms with Crippen LogP contribution in [0.25, 0.3) is 11.0 Å². The van der Waals surface area contributed by atoms with E-state index in [-0.39, 0.29) is 16.5 Å². The Labute approximate surface area is 94.5 Å². The molecule has 2 N–H and O–H groups in total. The lowest BCUT2D eigenvalue weighted by Gasteiger charge is -2.02. The summed E-state index contributed by atoms with van der Waals surface area (Å²) in [5.74, 6) is -2.75. The standard InChI is InChI=1S/C11H7NO5/c13-8-3-4-17-9-2-1-6(5-7(8)9)12-10(14)11(15)16/h1-5H,(H,12,14)(H,15,16). The summed E-state index contributed by atoms with van der Waals surface area (Å²) in [6.45, 7) is 0. The molecule has 1 aromatic heterocycles. The van der Waals surface area contributed by atoms with Gasteiger partial charge in [-0.1, -0.05) is 0 Å². The lowest BCUT2D eigenvalue weighted by molar-refractivity contribution is -0.147. The van der Waals surface area contributed by atoms with Crippen LogP contribution in [0.1, 0.15) is 0 Å². The SMILES string of the molecule is O=C(O)C(=O)Nc1ccc2occc(=O)c2c1. The van der Waals surface area contributed by atoms with Crippen LogP contribution in [0.15, 0.2) is 39.7 Å². The first kappa shape index (κ1) is 10.9. The Bertz CT molecular complexity index is 658. The molecule has 0 atom stereocenters. The van der Waals surface area contributed by atoms with Gasteiger partial charge >= 0.3 is 11.9 Å². The quantitative estimate of drug-likeness (QED) is 0.710. The van der Waals surface area contributed by atoms with E-state index in [0.29, 0.717) is 5.58 Å². The summed E-state index contributed by atoms with van der Waals surface area (Å²) in [4.78, 5) is 32.7. The van der Waals surface area contributed by atoms with Gasteiger partial charge in [-0.2, -0.15) is 0 Å². The molecule has 1 heterocycles. The average molecular weight is 233 g/mol. The first-order valence-corrected chi connectivity index (χ1v) is 4.64. The molecule has 0 unspecified atom stereocenters.